The summed E-state index contributed by atoms with van der Waals surface area (Å²) in [6.45, 7) is 8.87. The Hall–Kier alpha value is -5.74. The molecule has 0 radical (unpaired) electrons. The summed E-state index contributed by atoms with van der Waals surface area (Å²) in [5.41, 5.74) is 9.08. The maximum absolute atomic E-state index is 13.8. The number of nitrogens with one attached hydrogen (secondary N) is 4. The number of fused-ring (bicyclic) bond motifs is 6. The Bertz CT molecular complexity index is 2560. The smallest absolute Gasteiger partial charge is 0.407 e. The first-order chi connectivity index (χ1) is 30.4. The van der Waals surface area contributed by atoms with E-state index in [1.165, 1.54) is 41.4 Å². The van der Waals surface area contributed by atoms with E-state index in [-0.39, 0.29) is 35.7 Å². The summed E-state index contributed by atoms with van der Waals surface area (Å²) in [6.07, 6.45) is 6.14. The number of amides is 4. The summed E-state index contributed by atoms with van der Waals surface area (Å²) in [5, 5.41) is 5.47. The first kappa shape index (κ1) is 42.6. The Morgan fingerprint density at radius 3 is 1.89 bits per heavy atom. The molecule has 7 heterocycles. The standard InChI is InChI=1S/C47H57N9O6S/c1-24(2)40(52-46(59)61-6)44(57)55-20-8-10-34(55)42-48-23-31(51-42)37-19-18-36(63-37)28-14-13-27(38-32-16-17-33(39(28)38)54(32)5)26-12-15-29-30(22-26)50-43(49-29)35-11-9-21-56(35)45(58)41(25(3)4)53-47(60)62-7/h12-15,18-19,22-25,32-35,40-41H,8-11,16-17,20-21H2,1-7H3,(H,48,51)(H,49,50)(H,52,59)(H,53,60)/t32?,33?,34-,35?,40-,41-/m0/s1. The maximum atomic E-state index is 13.8. The minimum atomic E-state index is -0.693. The Morgan fingerprint density at radius 1 is 0.714 bits per heavy atom. The summed E-state index contributed by atoms with van der Waals surface area (Å²) in [4.78, 5) is 77.2. The highest BCUT2D eigenvalue weighted by atomic mass is 32.1. The van der Waals surface area contributed by atoms with Crippen molar-refractivity contribution >= 4 is 46.4 Å². The molecule has 5 aromatic rings. The van der Waals surface area contributed by atoms with Crippen LogP contribution >= 0.6 is 11.3 Å². The third kappa shape index (κ3) is 7.64. The number of hydrogen-bond donors (Lipinski definition) is 4. The predicted octanol–water partition coefficient (Wildman–Crippen LogP) is 8.26. The molecule has 0 saturated carbocycles. The molecule has 63 heavy (non-hydrogen) atoms. The average Bonchev–Trinajstić information content (AvgIpc) is 4.14. The van der Waals surface area contributed by atoms with Gasteiger partial charge in [-0.3, -0.25) is 14.5 Å². The van der Waals surface area contributed by atoms with E-state index < -0.39 is 24.3 Å². The van der Waals surface area contributed by atoms with E-state index in [2.05, 4.69) is 75.0 Å². The molecular weight excluding hydrogens is 819 g/mol. The van der Waals surface area contributed by atoms with E-state index in [9.17, 15) is 19.2 Å². The number of methoxy groups -OCH3 is 2. The van der Waals surface area contributed by atoms with Crippen LogP contribution in [0.25, 0.3) is 43.2 Å². The van der Waals surface area contributed by atoms with Crippen LogP contribution in [0.15, 0.2) is 48.7 Å². The van der Waals surface area contributed by atoms with E-state index in [0.717, 1.165) is 77.3 Å². The summed E-state index contributed by atoms with van der Waals surface area (Å²) in [5.74, 6) is 1.03. The van der Waals surface area contributed by atoms with Gasteiger partial charge in [0.05, 0.1) is 54.1 Å². The van der Waals surface area contributed by atoms with Gasteiger partial charge < -0.3 is 39.9 Å². The second-order valence-electron chi connectivity index (χ2n) is 18.1. The van der Waals surface area contributed by atoms with Crippen LogP contribution in [-0.4, -0.2) is 105 Å². The third-order valence-electron chi connectivity index (χ3n) is 13.7. The molecule has 4 aliphatic heterocycles. The zero-order chi connectivity index (χ0) is 44.3. The van der Waals surface area contributed by atoms with Crippen molar-refractivity contribution < 1.29 is 28.7 Å². The lowest BCUT2D eigenvalue weighted by Gasteiger charge is -2.30. The van der Waals surface area contributed by atoms with Crippen molar-refractivity contribution in [2.24, 2.45) is 11.8 Å². The zero-order valence-electron chi connectivity index (χ0n) is 37.0. The number of likely N-dealkylation sites (tertiary alicyclic amines) is 2. The molecule has 0 aliphatic carbocycles. The SMILES string of the molecule is COC(=O)N[C@H](C(=O)N1CCCC1c1nc2ccc(-c3ccc(-c4ccc(-c5cnc([C@@H]6CCCN6C(=O)[C@@H](NC(=O)OC)C(C)C)[nH]5)s4)c4c3C3CCC4N3C)cc2[nH]1)C(C)C. The Kier molecular flexibility index (Phi) is 11.5. The van der Waals surface area contributed by atoms with Gasteiger partial charge in [-0.25, -0.2) is 19.6 Å². The monoisotopic (exact) mass is 875 g/mol. The Labute approximate surface area is 371 Å². The number of thiophene rings is 1. The highest BCUT2D eigenvalue weighted by Crippen LogP contribution is 2.58. The van der Waals surface area contributed by atoms with Crippen molar-refractivity contribution in [3.8, 4) is 32.1 Å². The fraction of sp³-hybridized carbons (Fsp3) is 0.489. The number of imidazole rings is 2. The number of carbonyl (C=O) groups excluding carboxylic acids is 4. The van der Waals surface area contributed by atoms with Crippen LogP contribution < -0.4 is 10.6 Å². The van der Waals surface area contributed by atoms with E-state index >= 15 is 0 Å². The first-order valence-electron chi connectivity index (χ1n) is 22.2. The second-order valence-corrected chi connectivity index (χ2v) is 19.1. The van der Waals surface area contributed by atoms with Crippen LogP contribution in [0.3, 0.4) is 0 Å². The number of ether oxygens (including phenoxy) is 2. The molecule has 16 heteroatoms. The Morgan fingerprint density at radius 2 is 1.29 bits per heavy atom. The van der Waals surface area contributed by atoms with Crippen molar-refractivity contribution in [3.63, 3.8) is 0 Å². The fourth-order valence-corrected chi connectivity index (χ4v) is 11.5. The molecule has 3 fully saturated rings. The largest absolute Gasteiger partial charge is 0.453 e. The van der Waals surface area contributed by atoms with Gasteiger partial charge in [0.1, 0.15) is 23.7 Å². The number of alkyl carbamates (subject to hydrolysis) is 2. The summed E-state index contributed by atoms with van der Waals surface area (Å²) >= 11 is 1.74. The van der Waals surface area contributed by atoms with Gasteiger partial charge in [0.2, 0.25) is 11.8 Å². The number of hydrogen-bond acceptors (Lipinski definition) is 10. The van der Waals surface area contributed by atoms with Crippen LogP contribution in [0.4, 0.5) is 9.59 Å². The molecule has 3 aromatic heterocycles. The van der Waals surface area contributed by atoms with E-state index in [4.69, 9.17) is 19.4 Å². The van der Waals surface area contributed by atoms with Gasteiger partial charge in [-0.1, -0.05) is 45.9 Å². The number of H-pyrrole nitrogens is 2. The van der Waals surface area contributed by atoms with Gasteiger partial charge in [0, 0.05) is 30.1 Å². The molecule has 3 saturated heterocycles. The minimum absolute atomic E-state index is 0.107. The lowest BCUT2D eigenvalue weighted by Crippen LogP contribution is -2.51. The molecule has 4 N–H and O–H groups in total. The molecule has 2 aromatic carbocycles. The molecule has 15 nitrogen and oxygen atoms in total. The highest BCUT2D eigenvalue weighted by molar-refractivity contribution is 7.18. The van der Waals surface area contributed by atoms with Gasteiger partial charge in [-0.2, -0.15) is 0 Å². The maximum Gasteiger partial charge on any atom is 0.407 e. The molecule has 4 amide bonds. The lowest BCUT2D eigenvalue weighted by molar-refractivity contribution is -0.136. The normalized spacial score (nSPS) is 21.7. The number of carbonyl (C=O) groups is 4. The van der Waals surface area contributed by atoms with Crippen molar-refractivity contribution in [1.82, 2.24) is 45.3 Å². The van der Waals surface area contributed by atoms with Gasteiger partial charge in [-0.05, 0) is 109 Å². The van der Waals surface area contributed by atoms with Crippen LogP contribution in [0.1, 0.15) is 113 Å². The molecule has 9 rings (SSSR count). The molecule has 6 atom stereocenters. The minimum Gasteiger partial charge on any atom is -0.453 e. The molecule has 4 aliphatic rings. The van der Waals surface area contributed by atoms with E-state index in [1.807, 2.05) is 43.7 Å². The van der Waals surface area contributed by atoms with E-state index in [1.54, 1.807) is 11.3 Å². The van der Waals surface area contributed by atoms with Gasteiger partial charge >= 0.3 is 12.2 Å². The molecule has 2 bridgehead atoms. The second kappa shape index (κ2) is 17.1. The van der Waals surface area contributed by atoms with Crippen molar-refractivity contribution in [3.05, 3.63) is 71.4 Å². The van der Waals surface area contributed by atoms with Gasteiger partial charge in [0.25, 0.3) is 0 Å². The first-order valence-corrected chi connectivity index (χ1v) is 23.0. The van der Waals surface area contributed by atoms with E-state index in [0.29, 0.717) is 25.2 Å². The fourth-order valence-electron chi connectivity index (χ4n) is 10.5. The van der Waals surface area contributed by atoms with Gasteiger partial charge in [-0.15, -0.1) is 11.3 Å². The highest BCUT2D eigenvalue weighted by Gasteiger charge is 2.45. The number of aromatic amines is 2. The average molecular weight is 876 g/mol. The predicted molar refractivity (Wildman–Crippen MR) is 241 cm³/mol. The van der Waals surface area contributed by atoms with Crippen LogP contribution in [0.5, 0.6) is 0 Å². The quantitative estimate of drug-likeness (QED) is 0.102. The van der Waals surface area contributed by atoms with Crippen LogP contribution in [0.2, 0.25) is 0 Å². The molecule has 3 unspecified atom stereocenters. The van der Waals surface area contributed by atoms with Crippen molar-refractivity contribution in [1.29, 1.82) is 0 Å². The third-order valence-corrected chi connectivity index (χ3v) is 14.8. The van der Waals surface area contributed by atoms with Crippen LogP contribution in [0, 0.1) is 11.8 Å². The van der Waals surface area contributed by atoms with Crippen molar-refractivity contribution in [2.45, 2.75) is 102 Å². The summed E-state index contributed by atoms with van der Waals surface area (Å²) < 4.78 is 9.62. The zero-order valence-corrected chi connectivity index (χ0v) is 37.8. The number of nitrogens with zero attached hydrogens (tertiary/aromatic N) is 5. The molecular formula is C47H57N9O6S. The summed E-state index contributed by atoms with van der Waals surface area (Å²) in [6, 6.07) is 14.2. The number of rotatable bonds is 11. The van der Waals surface area contributed by atoms with Gasteiger partial charge in [0.15, 0.2) is 0 Å². The number of benzene rings is 2. The Balaban J connectivity index is 0.976. The van der Waals surface area contributed by atoms with Crippen LogP contribution in [-0.2, 0) is 19.1 Å². The summed E-state index contributed by atoms with van der Waals surface area (Å²) in [7, 11) is 4.85. The lowest BCUT2D eigenvalue weighted by atomic mass is 9.83. The van der Waals surface area contributed by atoms with Crippen molar-refractivity contribution in [2.75, 3.05) is 34.4 Å². The molecule has 0 spiro atoms. The topological polar surface area (TPSA) is 178 Å². The number of aromatic nitrogens is 4. The molecule has 332 valence electrons.